The molecule has 0 aromatic carbocycles. The Morgan fingerprint density at radius 2 is 1.76 bits per heavy atom. The van der Waals surface area contributed by atoms with Gasteiger partial charge in [0.2, 0.25) is 5.28 Å². The number of aryl methyl sites for hydroxylation is 1. The molecule has 1 aliphatic carbocycles. The van der Waals surface area contributed by atoms with Crippen molar-refractivity contribution in [3.8, 4) is 0 Å². The van der Waals surface area contributed by atoms with E-state index in [1.54, 1.807) is 0 Å². The van der Waals surface area contributed by atoms with Crippen molar-refractivity contribution in [2.75, 3.05) is 18.0 Å². The summed E-state index contributed by atoms with van der Waals surface area (Å²) in [5.74, 6) is 1.55. The van der Waals surface area contributed by atoms with Gasteiger partial charge in [-0.3, -0.25) is 0 Å². The lowest BCUT2D eigenvalue weighted by Crippen LogP contribution is -2.32. The molecule has 0 saturated heterocycles. The third kappa shape index (κ3) is 5.40. The molecule has 2 heterocycles. The van der Waals surface area contributed by atoms with Crippen molar-refractivity contribution in [2.24, 2.45) is 11.8 Å². The number of ether oxygens (including phenoxy) is 1. The van der Waals surface area contributed by atoms with Gasteiger partial charge in [-0.15, -0.1) is 11.3 Å². The van der Waals surface area contributed by atoms with Crippen molar-refractivity contribution in [3.05, 3.63) is 15.7 Å². The van der Waals surface area contributed by atoms with E-state index in [0.717, 1.165) is 60.4 Å². The van der Waals surface area contributed by atoms with Crippen molar-refractivity contribution in [1.29, 1.82) is 0 Å². The predicted octanol–water partition coefficient (Wildman–Crippen LogP) is 6.26. The van der Waals surface area contributed by atoms with E-state index < -0.39 is 0 Å². The van der Waals surface area contributed by atoms with E-state index in [1.807, 2.05) is 6.92 Å². The molecule has 0 unspecified atom stereocenters. The monoisotopic (exact) mass is 437 g/mol. The van der Waals surface area contributed by atoms with Crippen LogP contribution in [0.25, 0.3) is 10.2 Å². The zero-order valence-corrected chi connectivity index (χ0v) is 19.7. The molecule has 0 N–H and O–H groups in total. The first kappa shape index (κ1) is 22.3. The lowest BCUT2D eigenvalue weighted by Gasteiger charge is -2.28. The molecule has 0 bridgehead atoms. The van der Waals surface area contributed by atoms with Crippen LogP contribution in [0.3, 0.4) is 0 Å². The van der Waals surface area contributed by atoms with E-state index in [4.69, 9.17) is 16.3 Å². The largest absolute Gasteiger partial charge is 0.458 e. The molecule has 29 heavy (non-hydrogen) atoms. The standard InChI is InChI=1S/C22H32ClN3O2S/c1-13(2)11-26(12-14(3)4)19-17-15(5)18(29-20(17)25-22(23)24-19)21(27)28-16-9-7-6-8-10-16/h13-14,16H,6-12H2,1-5H3. The molecule has 5 nitrogen and oxygen atoms in total. The first-order valence-electron chi connectivity index (χ1n) is 10.7. The Labute approximate surface area is 182 Å². The van der Waals surface area contributed by atoms with E-state index in [0.29, 0.717) is 16.7 Å². The highest BCUT2D eigenvalue weighted by Gasteiger charge is 2.26. The Morgan fingerprint density at radius 1 is 1.14 bits per heavy atom. The minimum Gasteiger partial charge on any atom is -0.458 e. The maximum absolute atomic E-state index is 12.9. The lowest BCUT2D eigenvalue weighted by atomic mass is 9.98. The van der Waals surface area contributed by atoms with Gasteiger partial charge in [0.25, 0.3) is 0 Å². The van der Waals surface area contributed by atoms with Gasteiger partial charge in [0.15, 0.2) is 0 Å². The Kier molecular flexibility index (Phi) is 7.38. The highest BCUT2D eigenvalue weighted by atomic mass is 35.5. The molecule has 0 amide bonds. The second-order valence-corrected chi connectivity index (χ2v) is 10.2. The maximum Gasteiger partial charge on any atom is 0.348 e. The quantitative estimate of drug-likeness (QED) is 0.378. The van der Waals surface area contributed by atoms with E-state index >= 15 is 0 Å². The van der Waals surface area contributed by atoms with Crippen molar-refractivity contribution < 1.29 is 9.53 Å². The molecule has 0 atom stereocenters. The summed E-state index contributed by atoms with van der Waals surface area (Å²) in [6.07, 6.45) is 5.46. The predicted molar refractivity (Wildman–Crippen MR) is 121 cm³/mol. The average molecular weight is 438 g/mol. The number of thiophene rings is 1. The van der Waals surface area contributed by atoms with E-state index in [2.05, 4.69) is 42.6 Å². The molecular formula is C22H32ClN3O2S. The fourth-order valence-corrected chi connectivity index (χ4v) is 5.31. The summed E-state index contributed by atoms with van der Waals surface area (Å²) in [6.45, 7) is 12.5. The van der Waals surface area contributed by atoms with Crippen molar-refractivity contribution in [2.45, 2.75) is 72.8 Å². The minimum absolute atomic E-state index is 0.0355. The number of aromatic nitrogens is 2. The molecule has 160 valence electrons. The summed E-state index contributed by atoms with van der Waals surface area (Å²) in [4.78, 5) is 25.6. The summed E-state index contributed by atoms with van der Waals surface area (Å²) in [5.41, 5.74) is 0.898. The van der Waals surface area contributed by atoms with Gasteiger partial charge >= 0.3 is 5.97 Å². The van der Waals surface area contributed by atoms with Crippen molar-refractivity contribution in [3.63, 3.8) is 0 Å². The van der Waals surface area contributed by atoms with Crippen LogP contribution in [0.15, 0.2) is 0 Å². The summed E-state index contributed by atoms with van der Waals surface area (Å²) in [5, 5.41) is 1.15. The topological polar surface area (TPSA) is 55.3 Å². The van der Waals surface area contributed by atoms with Crippen molar-refractivity contribution in [1.82, 2.24) is 9.97 Å². The molecule has 0 spiro atoms. The van der Waals surface area contributed by atoms with Crippen LogP contribution in [0.1, 0.15) is 75.0 Å². The van der Waals surface area contributed by atoms with Gasteiger partial charge in [-0.2, -0.15) is 4.98 Å². The number of rotatable bonds is 7. The van der Waals surface area contributed by atoms with Crippen LogP contribution in [-0.4, -0.2) is 35.1 Å². The van der Waals surface area contributed by atoms with Crippen LogP contribution in [-0.2, 0) is 4.74 Å². The molecule has 7 heteroatoms. The van der Waals surface area contributed by atoms with Gasteiger partial charge in [-0.1, -0.05) is 34.1 Å². The number of hydrogen-bond acceptors (Lipinski definition) is 6. The molecule has 2 aromatic heterocycles. The van der Waals surface area contributed by atoms with E-state index in [1.165, 1.54) is 17.8 Å². The number of carbonyl (C=O) groups is 1. The molecule has 1 saturated carbocycles. The number of fused-ring (bicyclic) bond motifs is 1. The summed E-state index contributed by atoms with van der Waals surface area (Å²) < 4.78 is 5.82. The molecule has 1 fully saturated rings. The Balaban J connectivity index is 1.99. The fourth-order valence-electron chi connectivity index (χ4n) is 4.03. The van der Waals surface area contributed by atoms with E-state index in [9.17, 15) is 4.79 Å². The van der Waals surface area contributed by atoms with Crippen LogP contribution in [0.2, 0.25) is 5.28 Å². The van der Waals surface area contributed by atoms with Crippen LogP contribution in [0.4, 0.5) is 5.82 Å². The molecule has 3 rings (SSSR count). The smallest absolute Gasteiger partial charge is 0.348 e. The summed E-state index contributed by atoms with van der Waals surface area (Å²) in [6, 6.07) is 0. The SMILES string of the molecule is Cc1c(C(=O)OC2CCCCC2)sc2nc(Cl)nc(N(CC(C)C)CC(C)C)c12. The molecule has 1 aliphatic rings. The Morgan fingerprint density at radius 3 is 2.34 bits per heavy atom. The number of halogens is 1. The zero-order valence-electron chi connectivity index (χ0n) is 18.1. The molecule has 0 radical (unpaired) electrons. The molecule has 0 aliphatic heterocycles. The normalized spacial score (nSPS) is 15.4. The minimum atomic E-state index is -0.237. The number of hydrogen-bond donors (Lipinski definition) is 0. The van der Waals surface area contributed by atoms with Gasteiger partial charge in [0.05, 0.1) is 5.39 Å². The van der Waals surface area contributed by atoms with Crippen molar-refractivity contribution >= 4 is 44.9 Å². The number of anilines is 1. The second kappa shape index (κ2) is 9.61. The second-order valence-electron chi connectivity index (χ2n) is 8.91. The van der Waals surface area contributed by atoms with Gasteiger partial charge in [0.1, 0.15) is 21.6 Å². The van der Waals surface area contributed by atoms with Crippen LogP contribution >= 0.6 is 22.9 Å². The third-order valence-electron chi connectivity index (χ3n) is 5.23. The van der Waals surface area contributed by atoms with Crippen LogP contribution < -0.4 is 4.90 Å². The summed E-state index contributed by atoms with van der Waals surface area (Å²) in [7, 11) is 0. The molecular weight excluding hydrogens is 406 g/mol. The van der Waals surface area contributed by atoms with E-state index in [-0.39, 0.29) is 17.4 Å². The summed E-state index contributed by atoms with van der Waals surface area (Å²) >= 11 is 7.65. The molecule has 2 aromatic rings. The van der Waals surface area contributed by atoms with Gasteiger partial charge in [-0.05, 0) is 61.6 Å². The first-order valence-corrected chi connectivity index (χ1v) is 11.9. The van der Waals surface area contributed by atoms with Crippen LogP contribution in [0.5, 0.6) is 0 Å². The van der Waals surface area contributed by atoms with Gasteiger partial charge < -0.3 is 9.64 Å². The lowest BCUT2D eigenvalue weighted by molar-refractivity contribution is 0.0216. The van der Waals surface area contributed by atoms with Gasteiger partial charge in [-0.25, -0.2) is 9.78 Å². The fraction of sp³-hybridized carbons (Fsp3) is 0.682. The Hall–Kier alpha value is -1.40. The van der Waals surface area contributed by atoms with Crippen LogP contribution in [0, 0.1) is 18.8 Å². The number of carbonyl (C=O) groups excluding carboxylic acids is 1. The van der Waals surface area contributed by atoms with Gasteiger partial charge in [0, 0.05) is 13.1 Å². The zero-order chi connectivity index (χ0) is 21.1. The number of nitrogens with zero attached hydrogens (tertiary/aromatic N) is 3. The maximum atomic E-state index is 12.9. The first-order chi connectivity index (χ1) is 13.8. The average Bonchev–Trinajstić information content (AvgIpc) is 2.97. The Bertz CT molecular complexity index is 849. The number of esters is 1. The third-order valence-corrected chi connectivity index (χ3v) is 6.56. The highest BCUT2D eigenvalue weighted by molar-refractivity contribution is 7.20. The highest BCUT2D eigenvalue weighted by Crippen LogP contribution is 2.37.